The van der Waals surface area contributed by atoms with Gasteiger partial charge >= 0.3 is 18.0 Å². The highest BCUT2D eigenvalue weighted by atomic mass is 35.5. The zero-order valence-corrected chi connectivity index (χ0v) is 42.4. The molecule has 0 radical (unpaired) electrons. The maximum Gasteiger partial charge on any atom is 0.406 e. The number of esters is 1. The van der Waals surface area contributed by atoms with E-state index in [4.69, 9.17) is 56.9 Å². The summed E-state index contributed by atoms with van der Waals surface area (Å²) in [6.07, 6.45) is 7.17. The number of nitrogens with one attached hydrogen (secondary N) is 5. The van der Waals surface area contributed by atoms with Gasteiger partial charge in [0.2, 0.25) is 11.8 Å². The number of hydrogen-bond donors (Lipinski definition) is 7. The Morgan fingerprint density at radius 2 is 0.986 bits per heavy atom. The standard InChI is InChI=1S/C26H29Cl2N3O6.C25H29Cl2N3O4/c1-37-25(36)29-14-13-26(11-2-3-12-26)24(35)31-20(23(33)34)15-16-7-9-17(10-8-16)30-22(32)21-18(27)5-4-6-19(21)28;1-34-23(32)20(30-24(33)25(13-14-28)11-2-3-12-25)15-16-7-9-17(10-8-16)29-22(31)21-18(26)5-4-6-19(21)27/h4-10,20H,2-3,11-15H2,1H3,(H,29,36)(H,30,32)(H,31,35)(H,33,34);4-10,20H,2-3,11-15,28H2,1H3,(H,29,31)(H,30,33)/t2*20-/m00/s1. The number of rotatable bonds is 19. The van der Waals surface area contributed by atoms with Crippen LogP contribution in [0.25, 0.3) is 0 Å². The van der Waals surface area contributed by atoms with E-state index in [1.165, 1.54) is 14.2 Å². The molecule has 2 atom stereocenters. The molecule has 0 aromatic heterocycles. The van der Waals surface area contributed by atoms with Gasteiger partial charge in [-0.2, -0.15) is 0 Å². The summed E-state index contributed by atoms with van der Waals surface area (Å²) < 4.78 is 9.50. The van der Waals surface area contributed by atoms with Crippen molar-refractivity contribution in [1.29, 1.82) is 0 Å². The molecule has 2 aliphatic rings. The van der Waals surface area contributed by atoms with E-state index in [1.807, 2.05) is 0 Å². The van der Waals surface area contributed by atoms with Crippen molar-refractivity contribution in [2.45, 2.75) is 89.1 Å². The van der Waals surface area contributed by atoms with E-state index in [0.29, 0.717) is 49.2 Å². The Morgan fingerprint density at radius 1 is 0.592 bits per heavy atom. The summed E-state index contributed by atoms with van der Waals surface area (Å²) in [5, 5.41) is 24.4. The Labute approximate surface area is 432 Å². The second-order valence-electron chi connectivity index (χ2n) is 17.5. The lowest BCUT2D eigenvalue weighted by atomic mass is 9.81. The van der Waals surface area contributed by atoms with E-state index < -0.39 is 52.8 Å². The van der Waals surface area contributed by atoms with Crippen LogP contribution in [-0.2, 0) is 41.5 Å². The molecule has 0 saturated heterocycles. The Bertz CT molecular complexity index is 2490. The molecule has 2 saturated carbocycles. The average molecular weight is 1060 g/mol. The summed E-state index contributed by atoms with van der Waals surface area (Å²) >= 11 is 24.4. The zero-order valence-electron chi connectivity index (χ0n) is 39.3. The highest BCUT2D eigenvalue weighted by Gasteiger charge is 2.43. The van der Waals surface area contributed by atoms with Gasteiger partial charge in [0.25, 0.3) is 11.8 Å². The van der Waals surface area contributed by atoms with Gasteiger partial charge in [0.15, 0.2) is 0 Å². The number of hydrogen-bond acceptors (Lipinski definition) is 10. The second-order valence-corrected chi connectivity index (χ2v) is 19.1. The molecule has 2 fully saturated rings. The number of carboxylic acid groups (broad SMARTS) is 1. The fourth-order valence-electron chi connectivity index (χ4n) is 8.93. The van der Waals surface area contributed by atoms with Gasteiger partial charge in [-0.25, -0.2) is 14.4 Å². The van der Waals surface area contributed by atoms with E-state index in [9.17, 15) is 38.7 Å². The molecule has 2 aliphatic carbocycles. The minimum Gasteiger partial charge on any atom is -0.480 e. The summed E-state index contributed by atoms with van der Waals surface area (Å²) in [6, 6.07) is 21.3. The van der Waals surface area contributed by atoms with Crippen molar-refractivity contribution in [3.05, 3.63) is 127 Å². The quantitative estimate of drug-likeness (QED) is 0.0437. The first kappa shape index (κ1) is 56.0. The summed E-state index contributed by atoms with van der Waals surface area (Å²) in [5.41, 5.74) is 7.33. The molecule has 0 aliphatic heterocycles. The summed E-state index contributed by atoms with van der Waals surface area (Å²) in [6.45, 7) is 0.674. The Morgan fingerprint density at radius 3 is 1.37 bits per heavy atom. The van der Waals surface area contributed by atoms with Crippen molar-refractivity contribution in [3.63, 3.8) is 0 Å². The van der Waals surface area contributed by atoms with E-state index in [1.54, 1.807) is 84.9 Å². The van der Waals surface area contributed by atoms with Crippen molar-refractivity contribution >= 4 is 99.4 Å². The van der Waals surface area contributed by atoms with Gasteiger partial charge in [-0.15, -0.1) is 0 Å². The van der Waals surface area contributed by atoms with Crippen molar-refractivity contribution in [1.82, 2.24) is 16.0 Å². The SMILES string of the molecule is COC(=O)NCCC1(C(=O)N[C@@H](Cc2ccc(NC(=O)c3c(Cl)cccc3Cl)cc2)C(=O)O)CCCC1.COC(=O)[C@H](Cc1ccc(NC(=O)c2c(Cl)cccc2Cl)cc1)NC(=O)C1(CCN)CCCC1. The van der Waals surface area contributed by atoms with Gasteiger partial charge in [-0.05, 0) is 105 Å². The highest BCUT2D eigenvalue weighted by molar-refractivity contribution is 6.41. The van der Waals surface area contributed by atoms with Gasteiger partial charge in [0, 0.05) is 30.8 Å². The van der Waals surface area contributed by atoms with Crippen LogP contribution in [0.5, 0.6) is 0 Å². The molecule has 6 rings (SSSR count). The predicted molar refractivity (Wildman–Crippen MR) is 273 cm³/mol. The smallest absolute Gasteiger partial charge is 0.406 e. The summed E-state index contributed by atoms with van der Waals surface area (Å²) in [7, 11) is 2.56. The zero-order chi connectivity index (χ0) is 51.7. The van der Waals surface area contributed by atoms with Crippen LogP contribution >= 0.6 is 46.4 Å². The van der Waals surface area contributed by atoms with E-state index in [2.05, 4.69) is 31.3 Å². The minimum absolute atomic E-state index is 0.0577. The number of carbonyl (C=O) groups is 7. The van der Waals surface area contributed by atoms with Crippen molar-refractivity contribution < 1.29 is 48.1 Å². The van der Waals surface area contributed by atoms with Crippen LogP contribution in [0, 0.1) is 10.8 Å². The molecule has 8 N–H and O–H groups in total. The lowest BCUT2D eigenvalue weighted by molar-refractivity contribution is -0.146. The maximum absolute atomic E-state index is 13.2. The van der Waals surface area contributed by atoms with Gasteiger partial charge in [-0.3, -0.25) is 19.2 Å². The first-order valence-electron chi connectivity index (χ1n) is 23.1. The van der Waals surface area contributed by atoms with Crippen LogP contribution in [0.1, 0.15) is 96.1 Å². The van der Waals surface area contributed by atoms with Gasteiger partial charge < -0.3 is 46.9 Å². The van der Waals surface area contributed by atoms with Crippen molar-refractivity contribution in [2.75, 3.05) is 37.9 Å². The second kappa shape index (κ2) is 26.5. The fraction of sp³-hybridized carbons (Fsp3) is 0.392. The maximum atomic E-state index is 13.2. The number of halogens is 4. The number of carboxylic acids is 1. The van der Waals surface area contributed by atoms with E-state index in [0.717, 1.165) is 44.1 Å². The molecule has 0 unspecified atom stereocenters. The number of methoxy groups -OCH3 is 2. The molecule has 380 valence electrons. The number of carbonyl (C=O) groups excluding carboxylic acids is 6. The van der Waals surface area contributed by atoms with Crippen LogP contribution in [-0.4, -0.2) is 86.2 Å². The lowest BCUT2D eigenvalue weighted by Crippen LogP contribution is -2.49. The monoisotopic (exact) mass is 1050 g/mol. The normalized spacial score (nSPS) is 15.1. The molecule has 4 aromatic rings. The lowest BCUT2D eigenvalue weighted by Gasteiger charge is -2.29. The van der Waals surface area contributed by atoms with Crippen LogP contribution < -0.4 is 32.3 Å². The van der Waals surface area contributed by atoms with Crippen molar-refractivity contribution in [2.24, 2.45) is 16.6 Å². The van der Waals surface area contributed by atoms with Crippen LogP contribution in [0.3, 0.4) is 0 Å². The number of aliphatic carboxylic acids is 1. The number of nitrogens with two attached hydrogens (primary N) is 1. The topological polar surface area (TPSA) is 244 Å². The fourth-order valence-corrected chi connectivity index (χ4v) is 10.1. The third kappa shape index (κ3) is 15.3. The molecule has 20 heteroatoms. The first-order chi connectivity index (χ1) is 33.9. The number of ether oxygens (including phenoxy) is 2. The predicted octanol–water partition coefficient (Wildman–Crippen LogP) is 9.02. The van der Waals surface area contributed by atoms with Gasteiger partial charge in [0.1, 0.15) is 12.1 Å². The molecular formula is C51H58Cl4N6O10. The molecule has 5 amide bonds. The molecule has 0 spiro atoms. The Kier molecular flexibility index (Phi) is 20.9. The Balaban J connectivity index is 0.000000265. The van der Waals surface area contributed by atoms with Crippen LogP contribution in [0.2, 0.25) is 20.1 Å². The Hall–Kier alpha value is -5.91. The van der Waals surface area contributed by atoms with Gasteiger partial charge in [-0.1, -0.05) is 108 Å². The van der Waals surface area contributed by atoms with Crippen molar-refractivity contribution in [3.8, 4) is 0 Å². The van der Waals surface area contributed by atoms with Gasteiger partial charge in [0.05, 0.1) is 56.3 Å². The molecule has 16 nitrogen and oxygen atoms in total. The van der Waals surface area contributed by atoms with E-state index >= 15 is 0 Å². The molecule has 0 heterocycles. The minimum atomic E-state index is -1.15. The van der Waals surface area contributed by atoms with Crippen LogP contribution in [0.15, 0.2) is 84.9 Å². The largest absolute Gasteiger partial charge is 0.480 e. The van der Waals surface area contributed by atoms with Crippen LogP contribution in [0.4, 0.5) is 16.2 Å². The number of amides is 5. The number of benzene rings is 4. The van der Waals surface area contributed by atoms with E-state index in [-0.39, 0.29) is 62.4 Å². The first-order valence-corrected chi connectivity index (χ1v) is 24.6. The third-order valence-electron chi connectivity index (χ3n) is 12.8. The molecule has 71 heavy (non-hydrogen) atoms. The molecule has 4 aromatic carbocycles. The average Bonchev–Trinajstić information content (AvgIpc) is 4.04. The third-order valence-corrected chi connectivity index (χ3v) is 14.1. The highest BCUT2D eigenvalue weighted by Crippen LogP contribution is 2.42. The summed E-state index contributed by atoms with van der Waals surface area (Å²) in [5.74, 6) is -3.04. The number of anilines is 2. The summed E-state index contributed by atoms with van der Waals surface area (Å²) in [4.78, 5) is 87.2. The molecular weight excluding hydrogens is 998 g/mol. The number of alkyl carbamates (subject to hydrolysis) is 1. The molecule has 0 bridgehead atoms.